The Hall–Kier alpha value is -1.38. The third kappa shape index (κ3) is 1.86. The molecule has 0 unspecified atom stereocenters. The Morgan fingerprint density at radius 2 is 2.00 bits per heavy atom. The van der Waals surface area contributed by atoms with Gasteiger partial charge in [0.1, 0.15) is 0 Å². The summed E-state index contributed by atoms with van der Waals surface area (Å²) in [6.07, 6.45) is 5.70. The molecule has 0 fully saturated rings. The van der Waals surface area contributed by atoms with Gasteiger partial charge < -0.3 is 0 Å². The summed E-state index contributed by atoms with van der Waals surface area (Å²) < 4.78 is 1.98. The molecule has 1 heterocycles. The van der Waals surface area contributed by atoms with E-state index in [0.717, 1.165) is 17.3 Å². The summed E-state index contributed by atoms with van der Waals surface area (Å²) in [6.45, 7) is 7.90. The first-order valence-electron chi connectivity index (χ1n) is 4.37. The molecule has 0 bridgehead atoms. The number of hydrogen-bond acceptors (Lipinski definition) is 2. The average Bonchev–Trinajstić information content (AvgIpc) is 2.34. The van der Waals surface area contributed by atoms with Crippen molar-refractivity contribution in [2.24, 2.45) is 4.99 Å². The highest BCUT2D eigenvalue weighted by Gasteiger charge is 2.06. The molecule has 0 aliphatic carbocycles. The lowest BCUT2D eigenvalue weighted by molar-refractivity contribution is 1.06. The molecular weight excluding hydrogens is 162 g/mol. The van der Waals surface area contributed by atoms with E-state index in [1.165, 1.54) is 0 Å². The first kappa shape index (κ1) is 9.71. The minimum absolute atomic E-state index is 0.746. The van der Waals surface area contributed by atoms with Gasteiger partial charge in [0.2, 0.25) is 5.95 Å². The van der Waals surface area contributed by atoms with E-state index < -0.39 is 0 Å². The van der Waals surface area contributed by atoms with E-state index in [4.69, 9.17) is 0 Å². The highest BCUT2D eigenvalue weighted by molar-refractivity contribution is 5.59. The molecular formula is C10H15N3. The molecule has 0 saturated carbocycles. The number of imidazole rings is 1. The first-order valence-corrected chi connectivity index (χ1v) is 4.37. The van der Waals surface area contributed by atoms with E-state index in [2.05, 4.69) is 9.98 Å². The Kier molecular flexibility index (Phi) is 3.01. The third-order valence-corrected chi connectivity index (χ3v) is 1.91. The number of nitrogens with zero attached hydrogens (tertiary/aromatic N) is 3. The second-order valence-corrected chi connectivity index (χ2v) is 2.82. The Bertz CT molecular complexity index is 345. The predicted octanol–water partition coefficient (Wildman–Crippen LogP) is 2.71. The lowest BCUT2D eigenvalue weighted by Gasteiger charge is -1.98. The quantitative estimate of drug-likeness (QED) is 0.639. The molecule has 0 aromatic carbocycles. The summed E-state index contributed by atoms with van der Waals surface area (Å²) in [5.41, 5.74) is 2.16. The molecule has 0 amide bonds. The Labute approximate surface area is 78.8 Å². The fourth-order valence-corrected chi connectivity index (χ4v) is 1.14. The standard InChI is InChI=1S/C10H15N3/c1-5-7-13-9(4)8(3)12-10(13)11-6-2/h5-7H,1-4H3/b7-5-,11-6-. The summed E-state index contributed by atoms with van der Waals surface area (Å²) >= 11 is 0. The van der Waals surface area contributed by atoms with Gasteiger partial charge in [-0.2, -0.15) is 0 Å². The van der Waals surface area contributed by atoms with Crippen LogP contribution in [0, 0.1) is 13.8 Å². The summed E-state index contributed by atoms with van der Waals surface area (Å²) in [4.78, 5) is 8.51. The summed E-state index contributed by atoms with van der Waals surface area (Å²) in [7, 11) is 0. The zero-order chi connectivity index (χ0) is 9.84. The molecule has 1 aromatic heterocycles. The number of hydrogen-bond donors (Lipinski definition) is 0. The molecule has 3 heteroatoms. The highest BCUT2D eigenvalue weighted by atomic mass is 15.2. The van der Waals surface area contributed by atoms with Crippen molar-refractivity contribution in [3.05, 3.63) is 17.5 Å². The van der Waals surface area contributed by atoms with Crippen molar-refractivity contribution >= 4 is 18.4 Å². The minimum atomic E-state index is 0.746. The predicted molar refractivity (Wildman–Crippen MR) is 56.5 cm³/mol. The van der Waals surface area contributed by atoms with E-state index in [0.29, 0.717) is 0 Å². The van der Waals surface area contributed by atoms with Crippen LogP contribution < -0.4 is 0 Å². The maximum atomic E-state index is 4.33. The molecule has 0 spiro atoms. The van der Waals surface area contributed by atoms with E-state index in [-0.39, 0.29) is 0 Å². The smallest absolute Gasteiger partial charge is 0.233 e. The Balaban J connectivity index is 3.26. The van der Waals surface area contributed by atoms with Crippen LogP contribution in [-0.2, 0) is 0 Å². The summed E-state index contributed by atoms with van der Waals surface area (Å²) in [6, 6.07) is 0. The van der Waals surface area contributed by atoms with Crippen molar-refractivity contribution in [2.75, 3.05) is 0 Å². The van der Waals surface area contributed by atoms with Gasteiger partial charge in [-0.25, -0.2) is 9.98 Å². The van der Waals surface area contributed by atoms with Crippen LogP contribution in [0.15, 0.2) is 11.1 Å². The van der Waals surface area contributed by atoms with E-state index in [9.17, 15) is 0 Å². The zero-order valence-electron chi connectivity index (χ0n) is 8.57. The van der Waals surface area contributed by atoms with E-state index in [1.807, 2.05) is 44.5 Å². The minimum Gasteiger partial charge on any atom is -0.289 e. The van der Waals surface area contributed by atoms with Gasteiger partial charge in [-0.15, -0.1) is 0 Å². The van der Waals surface area contributed by atoms with Crippen molar-refractivity contribution in [1.82, 2.24) is 9.55 Å². The lowest BCUT2D eigenvalue weighted by Crippen LogP contribution is -1.88. The van der Waals surface area contributed by atoms with Gasteiger partial charge in [-0.1, -0.05) is 6.08 Å². The van der Waals surface area contributed by atoms with Crippen LogP contribution in [-0.4, -0.2) is 15.8 Å². The van der Waals surface area contributed by atoms with Crippen LogP contribution in [0.1, 0.15) is 25.2 Å². The van der Waals surface area contributed by atoms with Crippen molar-refractivity contribution in [2.45, 2.75) is 27.7 Å². The molecule has 3 nitrogen and oxygen atoms in total. The van der Waals surface area contributed by atoms with Crippen molar-refractivity contribution in [3.63, 3.8) is 0 Å². The molecule has 0 atom stereocenters. The van der Waals surface area contributed by atoms with Crippen molar-refractivity contribution in [1.29, 1.82) is 0 Å². The average molecular weight is 177 g/mol. The van der Waals surface area contributed by atoms with Crippen LogP contribution in [0.25, 0.3) is 6.20 Å². The van der Waals surface area contributed by atoms with Gasteiger partial charge >= 0.3 is 0 Å². The number of aliphatic imine (C=N–C) groups is 1. The highest BCUT2D eigenvalue weighted by Crippen LogP contribution is 2.17. The third-order valence-electron chi connectivity index (χ3n) is 1.91. The maximum Gasteiger partial charge on any atom is 0.233 e. The fraction of sp³-hybridized carbons (Fsp3) is 0.400. The summed E-state index contributed by atoms with van der Waals surface area (Å²) in [5, 5.41) is 0. The van der Waals surface area contributed by atoms with Crippen molar-refractivity contribution in [3.8, 4) is 0 Å². The van der Waals surface area contributed by atoms with Gasteiger partial charge in [-0.05, 0) is 27.7 Å². The number of rotatable bonds is 2. The molecule has 0 N–H and O–H groups in total. The molecule has 13 heavy (non-hydrogen) atoms. The number of aryl methyl sites for hydroxylation is 1. The van der Waals surface area contributed by atoms with Gasteiger partial charge in [0.15, 0.2) is 0 Å². The van der Waals surface area contributed by atoms with Crippen LogP contribution >= 0.6 is 0 Å². The van der Waals surface area contributed by atoms with E-state index >= 15 is 0 Å². The second kappa shape index (κ2) is 4.03. The lowest BCUT2D eigenvalue weighted by atomic mass is 10.4. The molecule has 1 aromatic rings. The van der Waals surface area contributed by atoms with Gasteiger partial charge in [0.05, 0.1) is 5.69 Å². The normalized spacial score (nSPS) is 12.0. The van der Waals surface area contributed by atoms with Crippen LogP contribution in [0.3, 0.4) is 0 Å². The zero-order valence-corrected chi connectivity index (χ0v) is 8.57. The van der Waals surface area contributed by atoms with Gasteiger partial charge in [0.25, 0.3) is 0 Å². The molecule has 0 aliphatic rings. The van der Waals surface area contributed by atoms with Crippen LogP contribution in [0.5, 0.6) is 0 Å². The first-order chi connectivity index (χ1) is 6.20. The monoisotopic (exact) mass is 177 g/mol. The Morgan fingerprint density at radius 1 is 1.31 bits per heavy atom. The van der Waals surface area contributed by atoms with Crippen LogP contribution in [0.2, 0.25) is 0 Å². The maximum absolute atomic E-state index is 4.33. The topological polar surface area (TPSA) is 30.2 Å². The molecule has 1 rings (SSSR count). The summed E-state index contributed by atoms with van der Waals surface area (Å²) in [5.74, 6) is 0.746. The van der Waals surface area contributed by atoms with E-state index in [1.54, 1.807) is 6.21 Å². The SMILES string of the molecule is C/C=C\n1c(/N=C\C)nc(C)c1C. The largest absolute Gasteiger partial charge is 0.289 e. The number of aromatic nitrogens is 2. The Morgan fingerprint density at radius 3 is 2.54 bits per heavy atom. The van der Waals surface area contributed by atoms with Gasteiger partial charge in [0, 0.05) is 18.1 Å². The molecule has 0 aliphatic heterocycles. The molecule has 0 saturated heterocycles. The number of allylic oxidation sites excluding steroid dienone is 1. The molecule has 70 valence electrons. The van der Waals surface area contributed by atoms with Gasteiger partial charge in [-0.3, -0.25) is 4.57 Å². The molecule has 0 radical (unpaired) electrons. The fourth-order valence-electron chi connectivity index (χ4n) is 1.14. The van der Waals surface area contributed by atoms with Crippen molar-refractivity contribution < 1.29 is 0 Å². The second-order valence-electron chi connectivity index (χ2n) is 2.82. The van der Waals surface area contributed by atoms with Crippen LogP contribution in [0.4, 0.5) is 5.95 Å².